The Morgan fingerprint density at radius 2 is 1.89 bits per heavy atom. The molecule has 2 rings (SSSR count). The lowest BCUT2D eigenvalue weighted by atomic mass is 10.0. The highest BCUT2D eigenvalue weighted by Gasteiger charge is 2.35. The first-order chi connectivity index (χ1) is 8.87. The van der Waals surface area contributed by atoms with E-state index >= 15 is 0 Å². The standard InChI is InChI=1S/C14H28N4O/c1-11(2)16-13(19)18-7-5-17(6-8-18)12-9-14(3,4)15-10-12/h11-12,15H,5-10H2,1-4H3,(H,16,19). The number of carbonyl (C=O) groups excluding carboxylic acids is 1. The normalized spacial score (nSPS) is 27.8. The van der Waals surface area contributed by atoms with Crippen LogP contribution in [-0.4, -0.2) is 66.2 Å². The van der Waals surface area contributed by atoms with E-state index in [1.165, 1.54) is 6.42 Å². The molecule has 0 aromatic rings. The highest BCUT2D eigenvalue weighted by molar-refractivity contribution is 5.74. The Kier molecular flexibility index (Phi) is 4.36. The first kappa shape index (κ1) is 14.6. The zero-order valence-electron chi connectivity index (χ0n) is 12.7. The zero-order valence-corrected chi connectivity index (χ0v) is 12.7. The van der Waals surface area contributed by atoms with Gasteiger partial charge in [0.25, 0.3) is 0 Å². The Hall–Kier alpha value is -0.810. The lowest BCUT2D eigenvalue weighted by Gasteiger charge is -2.38. The summed E-state index contributed by atoms with van der Waals surface area (Å²) in [5.41, 5.74) is 0.261. The SMILES string of the molecule is CC(C)NC(=O)N1CCN(C2CNC(C)(C)C2)CC1. The Morgan fingerprint density at radius 1 is 1.26 bits per heavy atom. The zero-order chi connectivity index (χ0) is 14.0. The van der Waals surface area contributed by atoms with Gasteiger partial charge in [-0.2, -0.15) is 0 Å². The van der Waals surface area contributed by atoms with Crippen molar-refractivity contribution in [3.63, 3.8) is 0 Å². The Morgan fingerprint density at radius 3 is 2.37 bits per heavy atom. The number of hydrogen-bond donors (Lipinski definition) is 2. The van der Waals surface area contributed by atoms with Crippen LogP contribution < -0.4 is 10.6 Å². The summed E-state index contributed by atoms with van der Waals surface area (Å²) in [5, 5.41) is 6.53. The first-order valence-electron chi connectivity index (χ1n) is 7.42. The van der Waals surface area contributed by atoms with Gasteiger partial charge in [-0.25, -0.2) is 4.79 Å². The summed E-state index contributed by atoms with van der Waals surface area (Å²) in [6, 6.07) is 0.926. The number of rotatable bonds is 2. The van der Waals surface area contributed by atoms with Crippen LogP contribution in [0.25, 0.3) is 0 Å². The summed E-state index contributed by atoms with van der Waals surface area (Å²) >= 11 is 0. The van der Waals surface area contributed by atoms with Gasteiger partial charge in [0.1, 0.15) is 0 Å². The van der Waals surface area contributed by atoms with E-state index in [0.717, 1.165) is 32.7 Å². The van der Waals surface area contributed by atoms with E-state index in [2.05, 4.69) is 29.4 Å². The second kappa shape index (κ2) is 5.67. The molecule has 1 atom stereocenters. The van der Waals surface area contributed by atoms with Crippen molar-refractivity contribution >= 4 is 6.03 Å². The molecule has 0 radical (unpaired) electrons. The van der Waals surface area contributed by atoms with Gasteiger partial charge in [0, 0.05) is 50.3 Å². The van der Waals surface area contributed by atoms with Gasteiger partial charge in [0.15, 0.2) is 0 Å². The summed E-state index contributed by atoms with van der Waals surface area (Å²) < 4.78 is 0. The molecular weight excluding hydrogens is 240 g/mol. The monoisotopic (exact) mass is 268 g/mol. The van der Waals surface area contributed by atoms with Crippen molar-refractivity contribution in [2.45, 2.75) is 51.7 Å². The molecule has 0 saturated carbocycles. The summed E-state index contributed by atoms with van der Waals surface area (Å²) in [7, 11) is 0. The number of urea groups is 1. The molecule has 2 saturated heterocycles. The van der Waals surface area contributed by atoms with E-state index in [9.17, 15) is 4.79 Å². The van der Waals surface area contributed by atoms with E-state index in [0.29, 0.717) is 6.04 Å². The minimum Gasteiger partial charge on any atom is -0.336 e. The number of carbonyl (C=O) groups is 1. The molecule has 0 spiro atoms. The molecular formula is C14H28N4O. The summed E-state index contributed by atoms with van der Waals surface area (Å²) in [5.74, 6) is 0. The Labute approximate surface area is 116 Å². The maximum absolute atomic E-state index is 11.9. The second-order valence-corrected chi connectivity index (χ2v) is 6.75. The molecule has 19 heavy (non-hydrogen) atoms. The van der Waals surface area contributed by atoms with Crippen molar-refractivity contribution in [1.29, 1.82) is 0 Å². The second-order valence-electron chi connectivity index (χ2n) is 6.75. The van der Waals surface area contributed by atoms with Gasteiger partial charge < -0.3 is 15.5 Å². The number of amides is 2. The lowest BCUT2D eigenvalue weighted by Crippen LogP contribution is -2.55. The maximum atomic E-state index is 11.9. The molecule has 1 unspecified atom stereocenters. The van der Waals surface area contributed by atoms with Crippen molar-refractivity contribution in [1.82, 2.24) is 20.4 Å². The summed E-state index contributed by atoms with van der Waals surface area (Å²) in [6.45, 7) is 13.3. The van der Waals surface area contributed by atoms with Crippen LogP contribution >= 0.6 is 0 Å². The van der Waals surface area contributed by atoms with E-state index in [1.807, 2.05) is 18.7 Å². The van der Waals surface area contributed by atoms with Gasteiger partial charge in [-0.1, -0.05) is 0 Å². The fourth-order valence-corrected chi connectivity index (χ4v) is 3.01. The number of nitrogens with zero attached hydrogens (tertiary/aromatic N) is 2. The van der Waals surface area contributed by atoms with Crippen LogP contribution in [0.2, 0.25) is 0 Å². The third-order valence-electron chi connectivity index (χ3n) is 4.09. The van der Waals surface area contributed by atoms with Gasteiger partial charge in [0.2, 0.25) is 0 Å². The van der Waals surface area contributed by atoms with Gasteiger partial charge >= 0.3 is 6.03 Å². The lowest BCUT2D eigenvalue weighted by molar-refractivity contribution is 0.111. The van der Waals surface area contributed by atoms with Crippen molar-refractivity contribution in [2.75, 3.05) is 32.7 Å². The molecule has 0 aromatic heterocycles. The van der Waals surface area contributed by atoms with Crippen LogP contribution in [-0.2, 0) is 0 Å². The molecule has 110 valence electrons. The molecule has 2 amide bonds. The van der Waals surface area contributed by atoms with Gasteiger partial charge in [-0.05, 0) is 34.1 Å². The molecule has 5 nitrogen and oxygen atoms in total. The predicted molar refractivity (Wildman–Crippen MR) is 77.3 cm³/mol. The average Bonchev–Trinajstić information content (AvgIpc) is 2.69. The van der Waals surface area contributed by atoms with Gasteiger partial charge in [-0.15, -0.1) is 0 Å². The highest BCUT2D eigenvalue weighted by atomic mass is 16.2. The van der Waals surface area contributed by atoms with Crippen molar-refractivity contribution in [2.24, 2.45) is 0 Å². The van der Waals surface area contributed by atoms with Crippen LogP contribution in [0.3, 0.4) is 0 Å². The highest BCUT2D eigenvalue weighted by Crippen LogP contribution is 2.23. The van der Waals surface area contributed by atoms with Crippen LogP contribution in [0.1, 0.15) is 34.1 Å². The third kappa shape index (κ3) is 3.83. The van der Waals surface area contributed by atoms with E-state index < -0.39 is 0 Å². The molecule has 2 fully saturated rings. The summed E-state index contributed by atoms with van der Waals surface area (Å²) in [6.07, 6.45) is 1.20. The largest absolute Gasteiger partial charge is 0.336 e. The fraction of sp³-hybridized carbons (Fsp3) is 0.929. The molecule has 0 aliphatic carbocycles. The molecule has 2 aliphatic rings. The van der Waals surface area contributed by atoms with Crippen molar-refractivity contribution in [3.8, 4) is 0 Å². The van der Waals surface area contributed by atoms with E-state index in [-0.39, 0.29) is 17.6 Å². The van der Waals surface area contributed by atoms with Crippen LogP contribution in [0.15, 0.2) is 0 Å². The van der Waals surface area contributed by atoms with Crippen LogP contribution in [0.4, 0.5) is 4.79 Å². The Balaban J connectivity index is 1.78. The Bertz CT molecular complexity index is 321. The molecule has 2 aliphatic heterocycles. The number of hydrogen-bond acceptors (Lipinski definition) is 3. The molecule has 2 N–H and O–H groups in total. The van der Waals surface area contributed by atoms with Crippen LogP contribution in [0, 0.1) is 0 Å². The van der Waals surface area contributed by atoms with Crippen molar-refractivity contribution < 1.29 is 4.79 Å². The van der Waals surface area contributed by atoms with E-state index in [4.69, 9.17) is 0 Å². The topological polar surface area (TPSA) is 47.6 Å². The molecule has 0 aromatic carbocycles. The number of nitrogens with one attached hydrogen (secondary N) is 2. The minimum absolute atomic E-state index is 0.0829. The van der Waals surface area contributed by atoms with Crippen LogP contribution in [0.5, 0.6) is 0 Å². The minimum atomic E-state index is 0.0829. The molecule has 0 bridgehead atoms. The summed E-state index contributed by atoms with van der Waals surface area (Å²) in [4.78, 5) is 16.4. The molecule has 2 heterocycles. The average molecular weight is 268 g/mol. The molecule has 5 heteroatoms. The maximum Gasteiger partial charge on any atom is 0.317 e. The first-order valence-corrected chi connectivity index (χ1v) is 7.42. The van der Waals surface area contributed by atoms with Crippen molar-refractivity contribution in [3.05, 3.63) is 0 Å². The quantitative estimate of drug-likeness (QED) is 0.781. The fourth-order valence-electron chi connectivity index (χ4n) is 3.01. The third-order valence-corrected chi connectivity index (χ3v) is 4.09. The number of piperazine rings is 1. The predicted octanol–water partition coefficient (Wildman–Crippen LogP) is 0.863. The smallest absolute Gasteiger partial charge is 0.317 e. The van der Waals surface area contributed by atoms with E-state index in [1.54, 1.807) is 0 Å². The van der Waals surface area contributed by atoms with Gasteiger partial charge in [0.05, 0.1) is 0 Å². The van der Waals surface area contributed by atoms with Gasteiger partial charge in [-0.3, -0.25) is 4.90 Å².